The molecule has 0 saturated carbocycles. The van der Waals surface area contributed by atoms with Crippen LogP contribution in [0.15, 0.2) is 18.2 Å². The molecule has 1 aliphatic heterocycles. The second kappa shape index (κ2) is 6.71. The van der Waals surface area contributed by atoms with Crippen LogP contribution in [-0.2, 0) is 9.59 Å². The van der Waals surface area contributed by atoms with Gasteiger partial charge in [0.2, 0.25) is 11.8 Å². The van der Waals surface area contributed by atoms with Gasteiger partial charge in [-0.3, -0.25) is 24.6 Å². The van der Waals surface area contributed by atoms with Crippen molar-refractivity contribution >= 4 is 34.8 Å². The molecule has 1 heterocycles. The standard InChI is InChI=1S/C13H15ClN4O4/c1-8(17-5-4-15-12(19)7-17)13(20)16-11-6-9(18(21)22)2-3-10(11)14/h2-3,6,8H,4-5,7H2,1H3,(H,15,19)(H,16,20). The van der Waals surface area contributed by atoms with E-state index >= 15 is 0 Å². The molecule has 1 fully saturated rings. The zero-order valence-electron chi connectivity index (χ0n) is 11.8. The molecule has 2 N–H and O–H groups in total. The second-order valence-corrected chi connectivity index (χ2v) is 5.31. The smallest absolute Gasteiger partial charge is 0.271 e. The molecular weight excluding hydrogens is 312 g/mol. The third kappa shape index (κ3) is 3.71. The third-order valence-electron chi connectivity index (χ3n) is 3.41. The topological polar surface area (TPSA) is 105 Å². The summed E-state index contributed by atoms with van der Waals surface area (Å²) in [6.45, 7) is 2.84. The van der Waals surface area contributed by atoms with E-state index in [2.05, 4.69) is 10.6 Å². The molecular formula is C13H15ClN4O4. The van der Waals surface area contributed by atoms with E-state index in [0.29, 0.717) is 13.1 Å². The maximum atomic E-state index is 12.2. The lowest BCUT2D eigenvalue weighted by molar-refractivity contribution is -0.384. The first kappa shape index (κ1) is 16.2. The number of nitro benzene ring substituents is 1. The van der Waals surface area contributed by atoms with Crippen LogP contribution < -0.4 is 10.6 Å². The number of piperazine rings is 1. The maximum absolute atomic E-state index is 12.2. The number of benzene rings is 1. The van der Waals surface area contributed by atoms with Gasteiger partial charge in [-0.25, -0.2) is 0 Å². The first-order valence-electron chi connectivity index (χ1n) is 6.64. The summed E-state index contributed by atoms with van der Waals surface area (Å²) >= 11 is 5.94. The van der Waals surface area contributed by atoms with Crippen molar-refractivity contribution in [2.45, 2.75) is 13.0 Å². The average molecular weight is 327 g/mol. The van der Waals surface area contributed by atoms with E-state index in [4.69, 9.17) is 11.6 Å². The molecule has 1 saturated heterocycles. The average Bonchev–Trinajstić information content (AvgIpc) is 2.48. The molecule has 0 aliphatic carbocycles. The van der Waals surface area contributed by atoms with Crippen molar-refractivity contribution in [3.8, 4) is 0 Å². The van der Waals surface area contributed by atoms with Crippen molar-refractivity contribution in [2.75, 3.05) is 25.0 Å². The van der Waals surface area contributed by atoms with Gasteiger partial charge in [-0.15, -0.1) is 0 Å². The Kier molecular flexibility index (Phi) is 4.94. The summed E-state index contributed by atoms with van der Waals surface area (Å²) in [4.78, 5) is 35.5. The van der Waals surface area contributed by atoms with Crippen LogP contribution >= 0.6 is 11.6 Å². The van der Waals surface area contributed by atoms with Crippen LogP contribution in [0.5, 0.6) is 0 Å². The number of amides is 2. The minimum absolute atomic E-state index is 0.136. The highest BCUT2D eigenvalue weighted by Gasteiger charge is 2.26. The van der Waals surface area contributed by atoms with Gasteiger partial charge in [-0.2, -0.15) is 0 Å². The third-order valence-corrected chi connectivity index (χ3v) is 3.74. The van der Waals surface area contributed by atoms with Gasteiger partial charge >= 0.3 is 0 Å². The van der Waals surface area contributed by atoms with Gasteiger partial charge in [0.25, 0.3) is 5.69 Å². The molecule has 1 unspecified atom stereocenters. The maximum Gasteiger partial charge on any atom is 0.271 e. The van der Waals surface area contributed by atoms with Crippen LogP contribution in [0, 0.1) is 10.1 Å². The Balaban J connectivity index is 2.09. The highest BCUT2D eigenvalue weighted by molar-refractivity contribution is 6.33. The predicted octanol–water partition coefficient (Wildman–Crippen LogP) is 1.01. The molecule has 1 aromatic carbocycles. The molecule has 2 amide bonds. The zero-order chi connectivity index (χ0) is 16.3. The number of non-ortho nitro benzene ring substituents is 1. The van der Waals surface area contributed by atoms with Crippen molar-refractivity contribution in [3.05, 3.63) is 33.3 Å². The Morgan fingerprint density at radius 1 is 1.55 bits per heavy atom. The summed E-state index contributed by atoms with van der Waals surface area (Å²) in [6, 6.07) is 3.27. The summed E-state index contributed by atoms with van der Waals surface area (Å²) in [5.74, 6) is -0.517. The van der Waals surface area contributed by atoms with E-state index in [1.54, 1.807) is 11.8 Å². The Hall–Kier alpha value is -2.19. The fraction of sp³-hybridized carbons (Fsp3) is 0.385. The normalized spacial score (nSPS) is 16.7. The number of hydrogen-bond donors (Lipinski definition) is 2. The van der Waals surface area contributed by atoms with E-state index in [9.17, 15) is 19.7 Å². The second-order valence-electron chi connectivity index (χ2n) is 4.91. The number of anilines is 1. The van der Waals surface area contributed by atoms with Crippen molar-refractivity contribution < 1.29 is 14.5 Å². The van der Waals surface area contributed by atoms with Crippen molar-refractivity contribution in [3.63, 3.8) is 0 Å². The highest BCUT2D eigenvalue weighted by Crippen LogP contribution is 2.27. The van der Waals surface area contributed by atoms with Gasteiger partial charge in [-0.05, 0) is 13.0 Å². The summed E-state index contributed by atoms with van der Waals surface area (Å²) in [5.41, 5.74) is 0.0129. The summed E-state index contributed by atoms with van der Waals surface area (Å²) < 4.78 is 0. The molecule has 8 nitrogen and oxygen atoms in total. The van der Waals surface area contributed by atoms with Gasteiger partial charge < -0.3 is 10.6 Å². The summed E-state index contributed by atoms with van der Waals surface area (Å²) in [6.07, 6.45) is 0. The number of hydrogen-bond acceptors (Lipinski definition) is 5. The molecule has 118 valence electrons. The lowest BCUT2D eigenvalue weighted by Gasteiger charge is -2.31. The molecule has 0 spiro atoms. The zero-order valence-corrected chi connectivity index (χ0v) is 12.6. The molecule has 1 aromatic rings. The van der Waals surface area contributed by atoms with Crippen LogP contribution in [0.1, 0.15) is 6.92 Å². The van der Waals surface area contributed by atoms with Crippen LogP contribution in [0.3, 0.4) is 0 Å². The van der Waals surface area contributed by atoms with Gasteiger partial charge in [0, 0.05) is 25.2 Å². The van der Waals surface area contributed by atoms with E-state index in [0.717, 1.165) is 0 Å². The quantitative estimate of drug-likeness (QED) is 0.634. The molecule has 0 bridgehead atoms. The van der Waals surface area contributed by atoms with Crippen molar-refractivity contribution in [1.82, 2.24) is 10.2 Å². The number of carbonyl (C=O) groups excluding carboxylic acids is 2. The first-order valence-corrected chi connectivity index (χ1v) is 7.02. The lowest BCUT2D eigenvalue weighted by Crippen LogP contribution is -2.53. The fourth-order valence-corrected chi connectivity index (χ4v) is 2.28. The summed E-state index contributed by atoms with van der Waals surface area (Å²) in [5, 5.41) is 16.2. The molecule has 1 atom stereocenters. The number of nitro groups is 1. The SMILES string of the molecule is CC(C(=O)Nc1cc([N+](=O)[O-])ccc1Cl)N1CCNC(=O)C1. The largest absolute Gasteiger partial charge is 0.354 e. The van der Waals surface area contributed by atoms with Crippen molar-refractivity contribution in [1.29, 1.82) is 0 Å². The Bertz CT molecular complexity index is 622. The predicted molar refractivity (Wildman–Crippen MR) is 80.8 cm³/mol. The van der Waals surface area contributed by atoms with Crippen LogP contribution in [0.25, 0.3) is 0 Å². The monoisotopic (exact) mass is 326 g/mol. The number of halogens is 1. The lowest BCUT2D eigenvalue weighted by atomic mass is 10.2. The molecule has 0 radical (unpaired) electrons. The molecule has 9 heteroatoms. The van der Waals surface area contributed by atoms with E-state index in [1.807, 2.05) is 0 Å². The number of nitrogens with zero attached hydrogens (tertiary/aromatic N) is 2. The van der Waals surface area contributed by atoms with E-state index < -0.39 is 11.0 Å². The number of nitrogens with one attached hydrogen (secondary N) is 2. The minimum atomic E-state index is -0.565. The van der Waals surface area contributed by atoms with E-state index in [-0.39, 0.29) is 34.8 Å². The van der Waals surface area contributed by atoms with Crippen molar-refractivity contribution in [2.24, 2.45) is 0 Å². The van der Waals surface area contributed by atoms with Crippen LogP contribution in [-0.4, -0.2) is 47.3 Å². The molecule has 22 heavy (non-hydrogen) atoms. The Morgan fingerprint density at radius 2 is 2.27 bits per heavy atom. The minimum Gasteiger partial charge on any atom is -0.354 e. The molecule has 2 rings (SSSR count). The Labute approximate surface area is 131 Å². The Morgan fingerprint density at radius 3 is 2.91 bits per heavy atom. The van der Waals surface area contributed by atoms with Crippen LogP contribution in [0.4, 0.5) is 11.4 Å². The molecule has 1 aliphatic rings. The number of carbonyl (C=O) groups is 2. The number of rotatable bonds is 4. The van der Waals surface area contributed by atoms with Gasteiger partial charge in [0.1, 0.15) is 0 Å². The van der Waals surface area contributed by atoms with Crippen LogP contribution in [0.2, 0.25) is 5.02 Å². The highest BCUT2D eigenvalue weighted by atomic mass is 35.5. The van der Waals surface area contributed by atoms with Gasteiger partial charge in [0.05, 0.1) is 28.2 Å². The van der Waals surface area contributed by atoms with Gasteiger partial charge in [-0.1, -0.05) is 11.6 Å². The van der Waals surface area contributed by atoms with E-state index in [1.165, 1.54) is 18.2 Å². The fourth-order valence-electron chi connectivity index (χ4n) is 2.11. The molecule has 0 aromatic heterocycles. The van der Waals surface area contributed by atoms with Gasteiger partial charge in [0.15, 0.2) is 0 Å². The summed E-state index contributed by atoms with van der Waals surface area (Å²) in [7, 11) is 0. The first-order chi connectivity index (χ1) is 10.4.